The zero-order valence-corrected chi connectivity index (χ0v) is 9.30. The summed E-state index contributed by atoms with van der Waals surface area (Å²) in [6.07, 6.45) is -1.34. The van der Waals surface area contributed by atoms with E-state index in [9.17, 15) is 13.2 Å². The van der Waals surface area contributed by atoms with Crippen LogP contribution < -0.4 is 0 Å². The van der Waals surface area contributed by atoms with Crippen LogP contribution in [0.5, 0.6) is 0 Å². The molecule has 2 rings (SSSR count). The third kappa shape index (κ3) is 2.08. The van der Waals surface area contributed by atoms with Crippen LogP contribution in [0.15, 0.2) is 29.1 Å². The average Bonchev–Trinajstić information content (AvgIpc) is 2.69. The van der Waals surface area contributed by atoms with Crippen LogP contribution in [0.3, 0.4) is 0 Å². The summed E-state index contributed by atoms with van der Waals surface area (Å²) in [6, 6.07) is 2.24. The average molecular weight is 292 g/mol. The third-order valence-corrected chi connectivity index (χ3v) is 2.50. The van der Waals surface area contributed by atoms with E-state index in [4.69, 9.17) is 0 Å². The van der Waals surface area contributed by atoms with Gasteiger partial charge in [-0.3, -0.25) is 0 Å². The van der Waals surface area contributed by atoms with Crippen LogP contribution in [-0.2, 0) is 6.18 Å². The summed E-state index contributed by atoms with van der Waals surface area (Å²) >= 11 is 2.99. The Kier molecular flexibility index (Phi) is 2.71. The molecular weight excluding hydrogens is 287 g/mol. The first-order valence-electron chi connectivity index (χ1n) is 4.22. The van der Waals surface area contributed by atoms with Gasteiger partial charge in [-0.2, -0.15) is 13.2 Å². The summed E-state index contributed by atoms with van der Waals surface area (Å²) in [7, 11) is 0. The number of alkyl halides is 3. The highest BCUT2D eigenvalue weighted by atomic mass is 79.9. The van der Waals surface area contributed by atoms with Crippen molar-refractivity contribution in [1.82, 2.24) is 15.0 Å². The molecule has 1 N–H and O–H groups in total. The molecule has 0 atom stereocenters. The van der Waals surface area contributed by atoms with E-state index in [0.717, 1.165) is 6.07 Å². The van der Waals surface area contributed by atoms with Gasteiger partial charge in [0, 0.05) is 12.4 Å². The van der Waals surface area contributed by atoms with E-state index in [0.29, 0.717) is 11.4 Å². The molecule has 0 bridgehead atoms. The Morgan fingerprint density at radius 3 is 2.50 bits per heavy atom. The van der Waals surface area contributed by atoms with Gasteiger partial charge in [-0.15, -0.1) is 0 Å². The number of nitrogens with zero attached hydrogens (tertiary/aromatic N) is 2. The van der Waals surface area contributed by atoms with Crippen LogP contribution in [0.1, 0.15) is 5.69 Å². The number of rotatable bonds is 1. The highest BCUT2D eigenvalue weighted by Gasteiger charge is 2.33. The fourth-order valence-electron chi connectivity index (χ4n) is 1.18. The fourth-order valence-corrected chi connectivity index (χ4v) is 1.69. The molecule has 0 saturated carbocycles. The first-order valence-corrected chi connectivity index (χ1v) is 5.01. The van der Waals surface area contributed by atoms with Gasteiger partial charge in [-0.1, -0.05) is 0 Å². The quantitative estimate of drug-likeness (QED) is 0.820. The second kappa shape index (κ2) is 3.89. The first kappa shape index (κ1) is 11.1. The zero-order chi connectivity index (χ0) is 11.8. The van der Waals surface area contributed by atoms with Crippen LogP contribution in [0, 0.1) is 0 Å². The maximum absolute atomic E-state index is 12.3. The minimum absolute atomic E-state index is 0.109. The van der Waals surface area contributed by atoms with Gasteiger partial charge in [0.2, 0.25) is 0 Å². The van der Waals surface area contributed by atoms with Gasteiger partial charge in [0.05, 0.1) is 5.56 Å². The van der Waals surface area contributed by atoms with Gasteiger partial charge in [0.25, 0.3) is 0 Å². The number of H-pyrrole nitrogens is 1. The van der Waals surface area contributed by atoms with E-state index in [1.54, 1.807) is 6.20 Å². The van der Waals surface area contributed by atoms with Crippen molar-refractivity contribution >= 4 is 15.9 Å². The Hall–Kier alpha value is -1.37. The largest absolute Gasteiger partial charge is 0.433 e. The highest BCUT2D eigenvalue weighted by molar-refractivity contribution is 9.10. The lowest BCUT2D eigenvalue weighted by atomic mass is 10.2. The molecule has 0 aliphatic rings. The topological polar surface area (TPSA) is 41.6 Å². The van der Waals surface area contributed by atoms with Crippen molar-refractivity contribution in [2.45, 2.75) is 6.18 Å². The lowest BCUT2D eigenvalue weighted by Crippen LogP contribution is -2.08. The molecule has 0 amide bonds. The van der Waals surface area contributed by atoms with Gasteiger partial charge in [-0.05, 0) is 28.1 Å². The minimum Gasteiger partial charge on any atom is -0.345 e. The monoisotopic (exact) mass is 291 g/mol. The maximum Gasteiger partial charge on any atom is 0.433 e. The molecule has 0 spiro atoms. The molecule has 84 valence electrons. The molecule has 0 fully saturated rings. The Labute approximate surface area is 96.9 Å². The van der Waals surface area contributed by atoms with Crippen molar-refractivity contribution in [2.24, 2.45) is 0 Å². The molecule has 2 aromatic rings. The summed E-state index contributed by atoms with van der Waals surface area (Å²) in [6.45, 7) is 0. The molecule has 0 saturated heterocycles. The van der Waals surface area contributed by atoms with Crippen LogP contribution in [0.2, 0.25) is 0 Å². The predicted octanol–water partition coefficient (Wildman–Crippen LogP) is 3.25. The zero-order valence-electron chi connectivity index (χ0n) is 7.72. The van der Waals surface area contributed by atoms with Crippen molar-refractivity contribution in [3.05, 3.63) is 34.8 Å². The summed E-state index contributed by atoms with van der Waals surface area (Å²) < 4.78 is 37.1. The first-order chi connectivity index (χ1) is 7.48. The predicted molar refractivity (Wildman–Crippen MR) is 54.5 cm³/mol. The summed E-state index contributed by atoms with van der Waals surface area (Å²) in [4.78, 5) is 10.2. The van der Waals surface area contributed by atoms with Gasteiger partial charge in [0.1, 0.15) is 16.1 Å². The Morgan fingerprint density at radius 1 is 1.25 bits per heavy atom. The van der Waals surface area contributed by atoms with Crippen molar-refractivity contribution in [3.63, 3.8) is 0 Å². The molecule has 0 radical (unpaired) electrons. The smallest absolute Gasteiger partial charge is 0.345 e. The SMILES string of the molecule is FC(F)(F)c1ccc(-c2ncc[nH]2)c(Br)n1. The molecule has 2 heterocycles. The molecular formula is C9H5BrF3N3. The van der Waals surface area contributed by atoms with E-state index in [2.05, 4.69) is 30.9 Å². The molecule has 0 aliphatic carbocycles. The summed E-state index contributed by atoms with van der Waals surface area (Å²) in [5.74, 6) is 0.466. The lowest BCUT2D eigenvalue weighted by molar-refractivity contribution is -0.141. The van der Waals surface area contributed by atoms with E-state index < -0.39 is 11.9 Å². The Bertz CT molecular complexity index is 493. The van der Waals surface area contributed by atoms with Gasteiger partial charge >= 0.3 is 6.18 Å². The molecule has 7 heteroatoms. The van der Waals surface area contributed by atoms with Crippen LogP contribution in [0.4, 0.5) is 13.2 Å². The van der Waals surface area contributed by atoms with Gasteiger partial charge < -0.3 is 4.98 Å². The number of nitrogens with one attached hydrogen (secondary N) is 1. The molecule has 0 aromatic carbocycles. The van der Waals surface area contributed by atoms with E-state index in [-0.39, 0.29) is 4.60 Å². The second-order valence-electron chi connectivity index (χ2n) is 2.97. The number of imidazole rings is 1. The van der Waals surface area contributed by atoms with Crippen LogP contribution >= 0.6 is 15.9 Å². The van der Waals surface area contributed by atoms with Crippen molar-refractivity contribution < 1.29 is 13.2 Å². The van der Waals surface area contributed by atoms with E-state index in [1.165, 1.54) is 12.3 Å². The second-order valence-corrected chi connectivity index (χ2v) is 3.72. The standard InChI is InChI=1S/C9H5BrF3N3/c10-7-5(8-14-3-4-15-8)1-2-6(16-7)9(11,12)13/h1-4H,(H,14,15). The number of hydrogen-bond donors (Lipinski definition) is 1. The number of pyridine rings is 1. The number of halogens is 4. The highest BCUT2D eigenvalue weighted by Crippen LogP contribution is 2.31. The number of hydrogen-bond acceptors (Lipinski definition) is 2. The molecule has 16 heavy (non-hydrogen) atoms. The van der Waals surface area contributed by atoms with Gasteiger partial charge in [-0.25, -0.2) is 9.97 Å². The summed E-state index contributed by atoms with van der Waals surface area (Å²) in [5.41, 5.74) is -0.451. The molecule has 0 unspecified atom stereocenters. The van der Waals surface area contributed by atoms with Crippen molar-refractivity contribution in [3.8, 4) is 11.4 Å². The molecule has 2 aromatic heterocycles. The minimum atomic E-state index is -4.44. The van der Waals surface area contributed by atoms with Crippen molar-refractivity contribution in [1.29, 1.82) is 0 Å². The normalized spacial score (nSPS) is 11.8. The fraction of sp³-hybridized carbons (Fsp3) is 0.111. The van der Waals surface area contributed by atoms with Crippen molar-refractivity contribution in [2.75, 3.05) is 0 Å². The number of aromatic amines is 1. The van der Waals surface area contributed by atoms with Crippen LogP contribution in [0.25, 0.3) is 11.4 Å². The van der Waals surface area contributed by atoms with E-state index in [1.807, 2.05) is 0 Å². The molecule has 0 aliphatic heterocycles. The van der Waals surface area contributed by atoms with Gasteiger partial charge in [0.15, 0.2) is 0 Å². The van der Waals surface area contributed by atoms with E-state index >= 15 is 0 Å². The number of aromatic nitrogens is 3. The Morgan fingerprint density at radius 2 is 2.00 bits per heavy atom. The van der Waals surface area contributed by atoms with Crippen LogP contribution in [-0.4, -0.2) is 15.0 Å². The third-order valence-electron chi connectivity index (χ3n) is 1.89. The lowest BCUT2D eigenvalue weighted by Gasteiger charge is -2.07. The maximum atomic E-state index is 12.3. The summed E-state index contributed by atoms with van der Waals surface area (Å²) in [5, 5.41) is 0. The molecule has 3 nitrogen and oxygen atoms in total. The Balaban J connectivity index is 2.46.